The molecule has 1 atom stereocenters. The van der Waals surface area contributed by atoms with Crippen LogP contribution in [0, 0.1) is 0 Å². The van der Waals surface area contributed by atoms with Crippen molar-refractivity contribution in [2.24, 2.45) is 5.14 Å². The van der Waals surface area contributed by atoms with Crippen LogP contribution in [-0.4, -0.2) is 41.1 Å². The molecule has 21 heavy (non-hydrogen) atoms. The van der Waals surface area contributed by atoms with Crippen LogP contribution in [0.3, 0.4) is 0 Å². The van der Waals surface area contributed by atoms with Gasteiger partial charge in [0.25, 0.3) is 0 Å². The molecule has 0 bridgehead atoms. The Kier molecular flexibility index (Phi) is 3.22. The van der Waals surface area contributed by atoms with Crippen LogP contribution in [0.5, 0.6) is 0 Å². The van der Waals surface area contributed by atoms with Crippen molar-refractivity contribution in [1.82, 2.24) is 15.0 Å². The first-order valence-corrected chi connectivity index (χ1v) is 7.85. The third-order valence-electron chi connectivity index (χ3n) is 3.35. The lowest BCUT2D eigenvalue weighted by atomic mass is 10.2. The maximum Gasteiger partial charge on any atom is 0.228 e. The highest BCUT2D eigenvalue weighted by atomic mass is 32.2. The molecule has 1 fully saturated rings. The molecule has 1 aliphatic heterocycles. The van der Waals surface area contributed by atoms with E-state index < -0.39 is 15.3 Å². The van der Waals surface area contributed by atoms with Crippen LogP contribution in [0.25, 0.3) is 5.69 Å². The zero-order valence-electron chi connectivity index (χ0n) is 11.0. The van der Waals surface area contributed by atoms with Gasteiger partial charge in [-0.05, 0) is 18.2 Å². The number of nitrogens with two attached hydrogens (primary N) is 1. The van der Waals surface area contributed by atoms with Crippen LogP contribution in [0.15, 0.2) is 36.7 Å². The van der Waals surface area contributed by atoms with Crippen LogP contribution >= 0.6 is 0 Å². The molecule has 0 spiro atoms. The van der Waals surface area contributed by atoms with Crippen molar-refractivity contribution in [3.63, 3.8) is 0 Å². The molecule has 1 aliphatic rings. The Morgan fingerprint density at radius 2 is 1.86 bits per heavy atom. The Labute approximate surface area is 121 Å². The molecule has 0 saturated carbocycles. The first-order valence-electron chi connectivity index (χ1n) is 6.24. The van der Waals surface area contributed by atoms with Crippen LogP contribution < -0.4 is 10.0 Å². The number of aromatic nitrogens is 3. The Hall–Kier alpha value is -2.26. The highest BCUT2D eigenvalue weighted by Crippen LogP contribution is 2.25. The molecule has 1 unspecified atom stereocenters. The average Bonchev–Trinajstić information content (AvgIpc) is 3.07. The maximum absolute atomic E-state index is 12.0. The van der Waals surface area contributed by atoms with E-state index in [1.54, 1.807) is 36.7 Å². The molecule has 2 N–H and O–H groups in total. The molecular formula is C12H13N5O3S. The van der Waals surface area contributed by atoms with Gasteiger partial charge in [-0.2, -0.15) is 15.0 Å². The number of benzene rings is 1. The predicted molar refractivity (Wildman–Crippen MR) is 75.2 cm³/mol. The van der Waals surface area contributed by atoms with Crippen molar-refractivity contribution >= 4 is 21.6 Å². The van der Waals surface area contributed by atoms with Gasteiger partial charge in [-0.3, -0.25) is 4.79 Å². The van der Waals surface area contributed by atoms with Crippen molar-refractivity contribution in [2.75, 3.05) is 11.4 Å². The lowest BCUT2D eigenvalue weighted by Crippen LogP contribution is -2.32. The zero-order chi connectivity index (χ0) is 15.0. The molecule has 1 aromatic heterocycles. The van der Waals surface area contributed by atoms with Gasteiger partial charge in [0.05, 0.1) is 18.1 Å². The molecule has 3 rings (SSSR count). The average molecular weight is 307 g/mol. The summed E-state index contributed by atoms with van der Waals surface area (Å²) in [5.41, 5.74) is 1.28. The van der Waals surface area contributed by atoms with Gasteiger partial charge in [0.2, 0.25) is 15.9 Å². The normalized spacial score (nSPS) is 19.2. The molecule has 110 valence electrons. The molecule has 8 nitrogen and oxygen atoms in total. The number of amides is 1. The minimum absolute atomic E-state index is 0.0632. The second kappa shape index (κ2) is 4.93. The summed E-state index contributed by atoms with van der Waals surface area (Å²) in [4.78, 5) is 14.8. The van der Waals surface area contributed by atoms with E-state index >= 15 is 0 Å². The fraction of sp³-hybridized carbons (Fsp3) is 0.250. The van der Waals surface area contributed by atoms with Gasteiger partial charge < -0.3 is 4.90 Å². The number of anilines is 1. The van der Waals surface area contributed by atoms with Crippen molar-refractivity contribution in [3.8, 4) is 5.69 Å². The topological polar surface area (TPSA) is 111 Å². The van der Waals surface area contributed by atoms with Gasteiger partial charge in [-0.15, -0.1) is 0 Å². The lowest BCUT2D eigenvalue weighted by molar-refractivity contribution is -0.117. The standard InChI is InChI=1S/C12H13N5O3S/c13-21(19,20)11-7-12(18)16(8-11)9-2-1-3-10(6-9)17-14-4-5-15-17/h1-6,11H,7-8H2,(H2,13,19,20). The van der Waals surface area contributed by atoms with Crippen LogP contribution in [0.4, 0.5) is 5.69 Å². The number of primary sulfonamides is 1. The first kappa shape index (κ1) is 13.7. The van der Waals surface area contributed by atoms with Gasteiger partial charge in [0.1, 0.15) is 5.25 Å². The summed E-state index contributed by atoms with van der Waals surface area (Å²) in [5, 5.41) is 12.3. The molecule has 0 aliphatic carbocycles. The highest BCUT2D eigenvalue weighted by Gasteiger charge is 2.37. The molecule has 2 heterocycles. The fourth-order valence-corrected chi connectivity index (χ4v) is 3.01. The van der Waals surface area contributed by atoms with E-state index in [1.165, 1.54) is 9.70 Å². The van der Waals surface area contributed by atoms with Crippen molar-refractivity contribution in [1.29, 1.82) is 0 Å². The van der Waals surface area contributed by atoms with E-state index in [9.17, 15) is 13.2 Å². The zero-order valence-corrected chi connectivity index (χ0v) is 11.8. The fourth-order valence-electron chi connectivity index (χ4n) is 2.28. The van der Waals surface area contributed by atoms with Crippen molar-refractivity contribution in [3.05, 3.63) is 36.7 Å². The summed E-state index contributed by atoms with van der Waals surface area (Å²) in [6, 6.07) is 7.01. The summed E-state index contributed by atoms with van der Waals surface area (Å²) in [6.45, 7) is 0.0632. The maximum atomic E-state index is 12.0. The molecule has 1 amide bonds. The number of nitrogens with zero attached hydrogens (tertiary/aromatic N) is 4. The van der Waals surface area contributed by atoms with Gasteiger partial charge in [-0.1, -0.05) is 6.07 Å². The van der Waals surface area contributed by atoms with E-state index in [0.717, 1.165) is 0 Å². The van der Waals surface area contributed by atoms with Crippen LogP contribution in [0.2, 0.25) is 0 Å². The number of carbonyl (C=O) groups is 1. The lowest BCUT2D eigenvalue weighted by Gasteiger charge is -2.17. The van der Waals surface area contributed by atoms with Gasteiger partial charge in [0.15, 0.2) is 0 Å². The van der Waals surface area contributed by atoms with Crippen molar-refractivity contribution in [2.45, 2.75) is 11.7 Å². The smallest absolute Gasteiger partial charge is 0.228 e. The Bertz CT molecular complexity index is 772. The van der Waals surface area contributed by atoms with Crippen LogP contribution in [0.1, 0.15) is 6.42 Å². The Morgan fingerprint density at radius 1 is 1.19 bits per heavy atom. The Balaban J connectivity index is 1.91. The molecule has 9 heteroatoms. The van der Waals surface area contributed by atoms with Gasteiger partial charge >= 0.3 is 0 Å². The van der Waals surface area contributed by atoms with Crippen LogP contribution in [-0.2, 0) is 14.8 Å². The van der Waals surface area contributed by atoms with E-state index in [2.05, 4.69) is 10.2 Å². The Morgan fingerprint density at radius 3 is 2.48 bits per heavy atom. The summed E-state index contributed by atoms with van der Waals surface area (Å²) in [7, 11) is -3.72. The van der Waals surface area contributed by atoms with E-state index in [0.29, 0.717) is 11.4 Å². The highest BCUT2D eigenvalue weighted by molar-refractivity contribution is 7.89. The summed E-state index contributed by atoms with van der Waals surface area (Å²) in [6.07, 6.45) is 3.00. The minimum atomic E-state index is -3.72. The number of carbonyl (C=O) groups excluding carboxylic acids is 1. The predicted octanol–water partition coefficient (Wildman–Crippen LogP) is -0.339. The minimum Gasteiger partial charge on any atom is -0.311 e. The summed E-state index contributed by atoms with van der Waals surface area (Å²) < 4.78 is 22.8. The molecule has 1 aromatic carbocycles. The third kappa shape index (κ3) is 2.65. The SMILES string of the molecule is NS(=O)(=O)C1CC(=O)N(c2cccc(-n3nccn3)c2)C1. The third-order valence-corrected chi connectivity index (χ3v) is 4.59. The number of rotatable bonds is 3. The van der Waals surface area contributed by atoms with Crippen molar-refractivity contribution < 1.29 is 13.2 Å². The largest absolute Gasteiger partial charge is 0.311 e. The monoisotopic (exact) mass is 307 g/mol. The number of hydrogen-bond acceptors (Lipinski definition) is 5. The second-order valence-corrected chi connectivity index (χ2v) is 6.60. The molecule has 2 aromatic rings. The second-order valence-electron chi connectivity index (χ2n) is 4.76. The summed E-state index contributed by atoms with van der Waals surface area (Å²) >= 11 is 0. The number of sulfonamides is 1. The molecule has 0 radical (unpaired) electrons. The van der Waals surface area contributed by atoms with Gasteiger partial charge in [-0.25, -0.2) is 13.6 Å². The van der Waals surface area contributed by atoms with E-state index in [4.69, 9.17) is 5.14 Å². The number of hydrogen-bond donors (Lipinski definition) is 1. The van der Waals surface area contributed by atoms with E-state index in [1.807, 2.05) is 0 Å². The molecule has 1 saturated heterocycles. The van der Waals surface area contributed by atoms with E-state index in [-0.39, 0.29) is 18.9 Å². The quantitative estimate of drug-likeness (QED) is 0.834. The van der Waals surface area contributed by atoms with Gasteiger partial charge in [0, 0.05) is 18.7 Å². The molecular weight excluding hydrogens is 294 g/mol. The first-order chi connectivity index (χ1) is 9.95. The summed E-state index contributed by atoms with van der Waals surface area (Å²) in [5.74, 6) is -0.264.